The van der Waals surface area contributed by atoms with Gasteiger partial charge in [-0.2, -0.15) is 5.26 Å². The van der Waals surface area contributed by atoms with Gasteiger partial charge in [-0.25, -0.2) is 4.39 Å². The summed E-state index contributed by atoms with van der Waals surface area (Å²) in [6.07, 6.45) is 0. The molecule has 0 aliphatic heterocycles. The largest absolute Gasteiger partial charge is 0.377 e. The number of benzene rings is 1. The SMILES string of the molecule is Cc1noc(C)c1C(C)Nc1cccc(F)c1C#N. The molecule has 0 fully saturated rings. The van der Waals surface area contributed by atoms with E-state index < -0.39 is 5.82 Å². The molecule has 1 aromatic heterocycles. The number of aromatic nitrogens is 1. The van der Waals surface area contributed by atoms with Crippen LogP contribution in [0.4, 0.5) is 10.1 Å². The van der Waals surface area contributed by atoms with Crippen LogP contribution in [0.1, 0.15) is 35.5 Å². The van der Waals surface area contributed by atoms with E-state index in [9.17, 15) is 4.39 Å². The summed E-state index contributed by atoms with van der Waals surface area (Å²) in [5, 5.41) is 16.0. The van der Waals surface area contributed by atoms with Crippen LogP contribution in [0.15, 0.2) is 22.7 Å². The molecule has 0 aliphatic rings. The van der Waals surface area contributed by atoms with Gasteiger partial charge >= 0.3 is 0 Å². The van der Waals surface area contributed by atoms with Crippen LogP contribution in [0.5, 0.6) is 0 Å². The summed E-state index contributed by atoms with van der Waals surface area (Å²) in [4.78, 5) is 0. The first kappa shape index (κ1) is 13.1. The summed E-state index contributed by atoms with van der Waals surface area (Å²) in [7, 11) is 0. The van der Waals surface area contributed by atoms with Crippen molar-refractivity contribution in [2.24, 2.45) is 0 Å². The molecule has 0 aliphatic carbocycles. The van der Waals surface area contributed by atoms with Crippen molar-refractivity contribution in [2.45, 2.75) is 26.8 Å². The van der Waals surface area contributed by atoms with Gasteiger partial charge in [0.05, 0.1) is 17.4 Å². The molecular weight excluding hydrogens is 245 g/mol. The molecule has 0 amide bonds. The zero-order chi connectivity index (χ0) is 14.0. The molecule has 1 heterocycles. The second-order valence-corrected chi connectivity index (χ2v) is 4.38. The second kappa shape index (κ2) is 5.11. The van der Waals surface area contributed by atoms with E-state index >= 15 is 0 Å². The van der Waals surface area contributed by atoms with Crippen molar-refractivity contribution in [3.8, 4) is 6.07 Å². The molecule has 98 valence electrons. The number of nitrogens with one attached hydrogen (secondary N) is 1. The highest BCUT2D eigenvalue weighted by Gasteiger charge is 2.18. The fraction of sp³-hybridized carbons (Fsp3) is 0.286. The molecule has 5 heteroatoms. The maximum Gasteiger partial charge on any atom is 0.143 e. The Morgan fingerprint density at radius 1 is 1.42 bits per heavy atom. The summed E-state index contributed by atoms with van der Waals surface area (Å²) < 4.78 is 18.6. The Hall–Kier alpha value is -2.35. The van der Waals surface area contributed by atoms with Crippen molar-refractivity contribution >= 4 is 5.69 Å². The van der Waals surface area contributed by atoms with E-state index in [0.29, 0.717) is 11.4 Å². The molecule has 0 saturated heterocycles. The van der Waals surface area contributed by atoms with Crippen LogP contribution in [0.3, 0.4) is 0 Å². The molecule has 1 N–H and O–H groups in total. The Kier molecular flexibility index (Phi) is 3.52. The molecule has 19 heavy (non-hydrogen) atoms. The zero-order valence-corrected chi connectivity index (χ0v) is 11.0. The molecule has 0 spiro atoms. The Morgan fingerprint density at radius 2 is 2.16 bits per heavy atom. The van der Waals surface area contributed by atoms with Crippen LogP contribution >= 0.6 is 0 Å². The van der Waals surface area contributed by atoms with Gasteiger partial charge < -0.3 is 9.84 Å². The summed E-state index contributed by atoms with van der Waals surface area (Å²) in [5.74, 6) is 0.186. The van der Waals surface area contributed by atoms with Crippen molar-refractivity contribution in [1.82, 2.24) is 5.16 Å². The number of hydrogen-bond donors (Lipinski definition) is 1. The third-order valence-electron chi connectivity index (χ3n) is 3.02. The van der Waals surface area contributed by atoms with E-state index in [1.54, 1.807) is 12.1 Å². The number of hydrogen-bond acceptors (Lipinski definition) is 4. The minimum atomic E-state index is -0.529. The lowest BCUT2D eigenvalue weighted by Crippen LogP contribution is -2.10. The van der Waals surface area contributed by atoms with Gasteiger partial charge in [-0.3, -0.25) is 0 Å². The second-order valence-electron chi connectivity index (χ2n) is 4.38. The third kappa shape index (κ3) is 2.43. The quantitative estimate of drug-likeness (QED) is 0.916. The first-order valence-electron chi connectivity index (χ1n) is 5.92. The molecule has 4 nitrogen and oxygen atoms in total. The molecule has 1 unspecified atom stereocenters. The van der Waals surface area contributed by atoms with Crippen LogP contribution in [-0.4, -0.2) is 5.16 Å². The molecule has 2 aromatic rings. The van der Waals surface area contributed by atoms with E-state index in [-0.39, 0.29) is 11.6 Å². The Labute approximate surface area is 110 Å². The molecule has 0 bridgehead atoms. The standard InChI is InChI=1S/C14H14FN3O/c1-8(14-9(2)18-19-10(14)3)17-13-6-4-5-12(15)11(13)7-16/h4-6,8,17H,1-3H3. The van der Waals surface area contributed by atoms with Gasteiger partial charge in [0.2, 0.25) is 0 Å². The van der Waals surface area contributed by atoms with Crippen LogP contribution in [0.2, 0.25) is 0 Å². The van der Waals surface area contributed by atoms with Crippen LogP contribution in [-0.2, 0) is 0 Å². The predicted molar refractivity (Wildman–Crippen MR) is 69.1 cm³/mol. The van der Waals surface area contributed by atoms with E-state index in [1.165, 1.54) is 6.07 Å². The van der Waals surface area contributed by atoms with Crippen LogP contribution in [0.25, 0.3) is 0 Å². The Balaban J connectivity index is 2.33. The number of anilines is 1. The van der Waals surface area contributed by atoms with Crippen LogP contribution in [0, 0.1) is 31.0 Å². The van der Waals surface area contributed by atoms with E-state index in [0.717, 1.165) is 11.3 Å². The average molecular weight is 259 g/mol. The lowest BCUT2D eigenvalue weighted by atomic mass is 10.1. The minimum absolute atomic E-state index is 0.0149. The topological polar surface area (TPSA) is 61.9 Å². The van der Waals surface area contributed by atoms with Gasteiger partial charge in [0.1, 0.15) is 23.2 Å². The average Bonchev–Trinajstić information content (AvgIpc) is 2.69. The predicted octanol–water partition coefficient (Wildman–Crippen LogP) is 3.48. The molecule has 2 rings (SSSR count). The maximum atomic E-state index is 13.5. The fourth-order valence-electron chi connectivity index (χ4n) is 2.17. The number of rotatable bonds is 3. The highest BCUT2D eigenvalue weighted by molar-refractivity contribution is 5.59. The van der Waals surface area contributed by atoms with Crippen LogP contribution < -0.4 is 5.32 Å². The molecule has 0 saturated carbocycles. The Bertz CT molecular complexity index is 623. The Morgan fingerprint density at radius 3 is 2.74 bits per heavy atom. The molecule has 1 atom stereocenters. The van der Waals surface area contributed by atoms with Gasteiger partial charge in [0, 0.05) is 5.56 Å². The summed E-state index contributed by atoms with van der Waals surface area (Å²) in [5.41, 5.74) is 2.19. The third-order valence-corrected chi connectivity index (χ3v) is 3.02. The lowest BCUT2D eigenvalue weighted by Gasteiger charge is -2.16. The van der Waals surface area contributed by atoms with E-state index in [2.05, 4.69) is 10.5 Å². The molecular formula is C14H14FN3O. The van der Waals surface area contributed by atoms with Crippen molar-refractivity contribution in [1.29, 1.82) is 5.26 Å². The zero-order valence-electron chi connectivity index (χ0n) is 11.0. The van der Waals surface area contributed by atoms with Crippen molar-refractivity contribution in [2.75, 3.05) is 5.32 Å². The summed E-state index contributed by atoms with van der Waals surface area (Å²) in [6.45, 7) is 5.59. The number of nitriles is 1. The number of nitrogens with zero attached hydrogens (tertiary/aromatic N) is 2. The number of halogens is 1. The fourth-order valence-corrected chi connectivity index (χ4v) is 2.17. The minimum Gasteiger partial charge on any atom is -0.377 e. The van der Waals surface area contributed by atoms with Gasteiger partial charge in [0.15, 0.2) is 0 Å². The maximum absolute atomic E-state index is 13.5. The van der Waals surface area contributed by atoms with Gasteiger partial charge in [-0.15, -0.1) is 0 Å². The summed E-state index contributed by atoms with van der Waals surface area (Å²) in [6, 6.07) is 6.26. The normalized spacial score (nSPS) is 11.9. The van der Waals surface area contributed by atoms with E-state index in [1.807, 2.05) is 26.8 Å². The monoisotopic (exact) mass is 259 g/mol. The van der Waals surface area contributed by atoms with Gasteiger partial charge in [0.25, 0.3) is 0 Å². The van der Waals surface area contributed by atoms with Crippen molar-refractivity contribution < 1.29 is 8.91 Å². The summed E-state index contributed by atoms with van der Waals surface area (Å²) >= 11 is 0. The van der Waals surface area contributed by atoms with E-state index in [4.69, 9.17) is 9.78 Å². The smallest absolute Gasteiger partial charge is 0.143 e. The van der Waals surface area contributed by atoms with Gasteiger partial charge in [-0.05, 0) is 32.9 Å². The highest BCUT2D eigenvalue weighted by Crippen LogP contribution is 2.27. The highest BCUT2D eigenvalue weighted by atomic mass is 19.1. The van der Waals surface area contributed by atoms with Crippen molar-refractivity contribution in [3.05, 3.63) is 46.6 Å². The van der Waals surface area contributed by atoms with Crippen molar-refractivity contribution in [3.63, 3.8) is 0 Å². The molecule has 1 aromatic carbocycles. The number of aryl methyl sites for hydroxylation is 2. The first-order chi connectivity index (χ1) is 9.04. The lowest BCUT2D eigenvalue weighted by molar-refractivity contribution is 0.392. The van der Waals surface area contributed by atoms with Gasteiger partial charge in [-0.1, -0.05) is 11.2 Å². The molecule has 0 radical (unpaired) electrons. The first-order valence-corrected chi connectivity index (χ1v) is 5.92.